The zero-order chi connectivity index (χ0) is 20.8. The van der Waals surface area contributed by atoms with E-state index in [0.717, 1.165) is 5.56 Å². The van der Waals surface area contributed by atoms with Crippen LogP contribution < -0.4 is 0 Å². The van der Waals surface area contributed by atoms with Gasteiger partial charge in [0.25, 0.3) is 0 Å². The molecule has 5 heteroatoms. The lowest BCUT2D eigenvalue weighted by Gasteiger charge is -2.38. The van der Waals surface area contributed by atoms with Crippen molar-refractivity contribution in [3.8, 4) is 0 Å². The summed E-state index contributed by atoms with van der Waals surface area (Å²) in [5.41, 5.74) is 3.33. The Morgan fingerprint density at radius 3 is 1.63 bits per heavy atom. The molecule has 0 N–H and O–H groups in total. The van der Waals surface area contributed by atoms with Crippen LogP contribution in [-0.2, 0) is 10.0 Å². The number of piperazine rings is 1. The first-order valence-corrected chi connectivity index (χ1v) is 11.7. The van der Waals surface area contributed by atoms with Crippen molar-refractivity contribution < 1.29 is 8.42 Å². The topological polar surface area (TPSA) is 40.6 Å². The standard InChI is InChI=1S/C25H26N2O2S/c28-30(29,21-16-22-10-4-1-5-11-22)27-19-17-26(18-20-27)25(23-12-6-2-7-13-23)24-14-8-3-9-15-24/h1-16,21,25H,17-20H2/b21-16+. The first-order valence-electron chi connectivity index (χ1n) is 10.2. The van der Waals surface area contributed by atoms with Crippen molar-refractivity contribution in [2.45, 2.75) is 6.04 Å². The van der Waals surface area contributed by atoms with Gasteiger partial charge in [0.2, 0.25) is 10.0 Å². The van der Waals surface area contributed by atoms with E-state index in [9.17, 15) is 8.42 Å². The third-order valence-electron chi connectivity index (χ3n) is 5.46. The molecule has 0 radical (unpaired) electrons. The number of nitrogens with zero attached hydrogens (tertiary/aromatic N) is 2. The third-order valence-corrected chi connectivity index (χ3v) is 7.03. The van der Waals surface area contributed by atoms with Crippen LogP contribution in [0.2, 0.25) is 0 Å². The Balaban J connectivity index is 1.49. The van der Waals surface area contributed by atoms with Gasteiger partial charge in [0.1, 0.15) is 0 Å². The lowest BCUT2D eigenvalue weighted by Crippen LogP contribution is -2.49. The fourth-order valence-electron chi connectivity index (χ4n) is 3.92. The fraction of sp³-hybridized carbons (Fsp3) is 0.200. The van der Waals surface area contributed by atoms with Crippen LogP contribution in [0.3, 0.4) is 0 Å². The second kappa shape index (κ2) is 9.39. The lowest BCUT2D eigenvalue weighted by molar-refractivity contribution is 0.156. The van der Waals surface area contributed by atoms with E-state index in [1.807, 2.05) is 42.5 Å². The number of rotatable bonds is 6. The predicted octanol–water partition coefficient (Wildman–Crippen LogP) is 4.39. The highest BCUT2D eigenvalue weighted by molar-refractivity contribution is 7.92. The average molecular weight is 419 g/mol. The van der Waals surface area contributed by atoms with Gasteiger partial charge in [0, 0.05) is 31.6 Å². The molecule has 0 aliphatic carbocycles. The second-order valence-corrected chi connectivity index (χ2v) is 9.24. The Morgan fingerprint density at radius 2 is 1.13 bits per heavy atom. The van der Waals surface area contributed by atoms with Gasteiger partial charge in [-0.25, -0.2) is 8.42 Å². The zero-order valence-electron chi connectivity index (χ0n) is 16.8. The van der Waals surface area contributed by atoms with Gasteiger partial charge in [0.15, 0.2) is 0 Å². The Kier molecular flexibility index (Phi) is 6.43. The fourth-order valence-corrected chi connectivity index (χ4v) is 5.09. The van der Waals surface area contributed by atoms with Crippen LogP contribution in [0.5, 0.6) is 0 Å². The minimum atomic E-state index is -3.43. The average Bonchev–Trinajstić information content (AvgIpc) is 2.81. The summed E-state index contributed by atoms with van der Waals surface area (Å²) in [6.07, 6.45) is 1.67. The van der Waals surface area contributed by atoms with E-state index in [-0.39, 0.29) is 6.04 Å². The summed E-state index contributed by atoms with van der Waals surface area (Å²) in [4.78, 5) is 2.37. The molecule has 1 aliphatic rings. The van der Waals surface area contributed by atoms with Crippen LogP contribution in [0.1, 0.15) is 22.7 Å². The molecule has 1 saturated heterocycles. The molecular formula is C25H26N2O2S. The maximum atomic E-state index is 12.8. The maximum Gasteiger partial charge on any atom is 0.236 e. The minimum Gasteiger partial charge on any atom is -0.290 e. The van der Waals surface area contributed by atoms with Gasteiger partial charge in [-0.3, -0.25) is 4.90 Å². The van der Waals surface area contributed by atoms with Crippen molar-refractivity contribution >= 4 is 16.1 Å². The van der Waals surface area contributed by atoms with Gasteiger partial charge in [0.05, 0.1) is 6.04 Å². The van der Waals surface area contributed by atoms with E-state index >= 15 is 0 Å². The van der Waals surface area contributed by atoms with E-state index in [4.69, 9.17) is 0 Å². The Labute approximate surface area is 179 Å². The second-order valence-electron chi connectivity index (χ2n) is 7.42. The Bertz CT molecular complexity index is 1020. The van der Waals surface area contributed by atoms with Crippen LogP contribution >= 0.6 is 0 Å². The summed E-state index contributed by atoms with van der Waals surface area (Å²) in [6.45, 7) is 2.34. The SMILES string of the molecule is O=S(=O)(/C=C/c1ccccc1)N1CCN(C(c2ccccc2)c2ccccc2)CC1. The summed E-state index contributed by atoms with van der Waals surface area (Å²) in [5.74, 6) is 0. The first kappa shape index (κ1) is 20.5. The molecule has 0 atom stereocenters. The smallest absolute Gasteiger partial charge is 0.236 e. The van der Waals surface area contributed by atoms with Crippen LogP contribution in [0.25, 0.3) is 6.08 Å². The molecule has 4 nitrogen and oxygen atoms in total. The summed E-state index contributed by atoms with van der Waals surface area (Å²) in [6, 6.07) is 30.5. The molecule has 0 spiro atoms. The molecule has 30 heavy (non-hydrogen) atoms. The monoisotopic (exact) mass is 418 g/mol. The van der Waals surface area contributed by atoms with Gasteiger partial charge >= 0.3 is 0 Å². The van der Waals surface area contributed by atoms with Crippen molar-refractivity contribution in [1.82, 2.24) is 9.21 Å². The summed E-state index contributed by atoms with van der Waals surface area (Å²) in [7, 11) is -3.43. The molecular weight excluding hydrogens is 392 g/mol. The van der Waals surface area contributed by atoms with Gasteiger partial charge < -0.3 is 0 Å². The van der Waals surface area contributed by atoms with Crippen LogP contribution in [-0.4, -0.2) is 43.8 Å². The highest BCUT2D eigenvalue weighted by Crippen LogP contribution is 2.29. The van der Waals surface area contributed by atoms with Gasteiger partial charge in [-0.05, 0) is 22.8 Å². The predicted molar refractivity (Wildman–Crippen MR) is 122 cm³/mol. The molecule has 3 aromatic carbocycles. The summed E-state index contributed by atoms with van der Waals surface area (Å²) >= 11 is 0. The minimum absolute atomic E-state index is 0.122. The molecule has 0 bridgehead atoms. The highest BCUT2D eigenvalue weighted by Gasteiger charge is 2.30. The number of sulfonamides is 1. The molecule has 0 unspecified atom stereocenters. The molecule has 0 amide bonds. The molecule has 3 aromatic rings. The zero-order valence-corrected chi connectivity index (χ0v) is 17.7. The van der Waals surface area contributed by atoms with Crippen LogP contribution in [0, 0.1) is 0 Å². The molecule has 0 aromatic heterocycles. The van der Waals surface area contributed by atoms with Crippen LogP contribution in [0.15, 0.2) is 96.4 Å². The van der Waals surface area contributed by atoms with Gasteiger partial charge in [-0.15, -0.1) is 0 Å². The lowest BCUT2D eigenvalue weighted by atomic mass is 9.96. The van der Waals surface area contributed by atoms with Crippen LogP contribution in [0.4, 0.5) is 0 Å². The van der Waals surface area contributed by atoms with Crippen molar-refractivity contribution in [3.63, 3.8) is 0 Å². The first-order chi connectivity index (χ1) is 14.6. The van der Waals surface area contributed by atoms with E-state index in [1.54, 1.807) is 10.4 Å². The van der Waals surface area contributed by atoms with E-state index < -0.39 is 10.0 Å². The molecule has 1 heterocycles. The van der Waals surface area contributed by atoms with Gasteiger partial charge in [-0.2, -0.15) is 4.31 Å². The number of hydrogen-bond acceptors (Lipinski definition) is 3. The van der Waals surface area contributed by atoms with Crippen molar-refractivity contribution in [2.24, 2.45) is 0 Å². The summed E-state index contributed by atoms with van der Waals surface area (Å²) < 4.78 is 27.2. The molecule has 4 rings (SSSR count). The van der Waals surface area contributed by atoms with Crippen molar-refractivity contribution in [2.75, 3.05) is 26.2 Å². The quantitative estimate of drug-likeness (QED) is 0.596. The molecule has 1 fully saturated rings. The van der Waals surface area contributed by atoms with Gasteiger partial charge in [-0.1, -0.05) is 91.0 Å². The molecule has 1 aliphatic heterocycles. The van der Waals surface area contributed by atoms with Crippen molar-refractivity contribution in [3.05, 3.63) is 113 Å². The largest absolute Gasteiger partial charge is 0.290 e. The normalized spacial score (nSPS) is 16.3. The number of hydrogen-bond donors (Lipinski definition) is 0. The van der Waals surface area contributed by atoms with E-state index in [0.29, 0.717) is 26.2 Å². The van der Waals surface area contributed by atoms with E-state index in [1.165, 1.54) is 16.5 Å². The summed E-state index contributed by atoms with van der Waals surface area (Å²) in [5, 5.41) is 1.32. The highest BCUT2D eigenvalue weighted by atomic mass is 32.2. The maximum absolute atomic E-state index is 12.8. The third kappa shape index (κ3) is 4.87. The van der Waals surface area contributed by atoms with E-state index in [2.05, 4.69) is 53.4 Å². The number of benzene rings is 3. The Morgan fingerprint density at radius 1 is 0.667 bits per heavy atom. The molecule has 0 saturated carbocycles. The Hall–Kier alpha value is -2.73. The molecule has 154 valence electrons. The van der Waals surface area contributed by atoms with Crippen molar-refractivity contribution in [1.29, 1.82) is 0 Å².